The molecule has 7 heteroatoms. The van der Waals surface area contributed by atoms with Crippen LogP contribution in [-0.2, 0) is 9.57 Å². The first-order valence-corrected chi connectivity index (χ1v) is 7.11. The minimum absolute atomic E-state index is 0.357. The Kier molecular flexibility index (Phi) is 8.30. The second-order valence-electron chi connectivity index (χ2n) is 4.14. The van der Waals surface area contributed by atoms with Crippen LogP contribution in [0.5, 0.6) is 5.75 Å². The molecule has 0 aromatic heterocycles. The van der Waals surface area contributed by atoms with Gasteiger partial charge in [0.2, 0.25) is 0 Å². The lowest BCUT2D eigenvalue weighted by atomic mass is 10.3. The zero-order valence-electron chi connectivity index (χ0n) is 11.9. The molecule has 1 rings (SSSR count). The van der Waals surface area contributed by atoms with E-state index in [4.69, 9.17) is 14.3 Å². The van der Waals surface area contributed by atoms with Crippen molar-refractivity contribution in [3.8, 4) is 5.75 Å². The Balaban J connectivity index is 2.31. The van der Waals surface area contributed by atoms with E-state index >= 15 is 0 Å². The zero-order valence-corrected chi connectivity index (χ0v) is 12.8. The molecule has 0 heterocycles. The van der Waals surface area contributed by atoms with Crippen molar-refractivity contribution in [2.45, 2.75) is 26.2 Å². The number of hydrogen-bond donors (Lipinski definition) is 1. The number of amides is 1. The molecule has 0 aliphatic carbocycles. The Labute approximate surface area is 129 Å². The molecule has 116 valence electrons. The molecule has 0 saturated carbocycles. The van der Waals surface area contributed by atoms with Crippen LogP contribution in [0.25, 0.3) is 0 Å². The second-order valence-corrected chi connectivity index (χ2v) is 4.52. The molecule has 0 spiro atoms. The predicted octanol–water partition coefficient (Wildman–Crippen LogP) is 3.63. The van der Waals surface area contributed by atoms with Gasteiger partial charge in [0, 0.05) is 0 Å². The quantitative estimate of drug-likeness (QED) is 0.198. The Morgan fingerprint density at radius 1 is 1.19 bits per heavy atom. The van der Waals surface area contributed by atoms with Gasteiger partial charge in [-0.15, -0.1) is 0 Å². The predicted molar refractivity (Wildman–Crippen MR) is 80.1 cm³/mol. The molecular formula is C14H19NO5S. The van der Waals surface area contributed by atoms with E-state index in [1.54, 1.807) is 30.3 Å². The van der Waals surface area contributed by atoms with E-state index in [0.717, 1.165) is 24.3 Å². The fourth-order valence-electron chi connectivity index (χ4n) is 1.40. The van der Waals surface area contributed by atoms with Crippen molar-refractivity contribution in [1.29, 1.82) is 0 Å². The highest BCUT2D eigenvalue weighted by Crippen LogP contribution is 2.09. The van der Waals surface area contributed by atoms with Gasteiger partial charge in [-0.3, -0.25) is 9.63 Å². The summed E-state index contributed by atoms with van der Waals surface area (Å²) in [6.45, 7) is 2.04. The summed E-state index contributed by atoms with van der Waals surface area (Å²) in [4.78, 5) is 27.8. The topological polar surface area (TPSA) is 65.1 Å². The smallest absolute Gasteiger partial charge is 0.410 e. The molecule has 0 aliphatic heterocycles. The summed E-state index contributed by atoms with van der Waals surface area (Å²) in [6.07, 6.45) is 1.92. The standard InChI is InChI=1S/C14H19NO5S/c1-2-3-7-10-19-15(13(16)21)11-18-14(17)20-12-8-5-4-6-9-12/h4-6,8-9H,2-3,7,10-11H2,1H3,(H,16,21). The summed E-state index contributed by atoms with van der Waals surface area (Å²) in [6, 6.07) is 8.48. The summed E-state index contributed by atoms with van der Waals surface area (Å²) in [5.74, 6) is 0.357. The van der Waals surface area contributed by atoms with Gasteiger partial charge in [0.15, 0.2) is 6.73 Å². The van der Waals surface area contributed by atoms with Gasteiger partial charge < -0.3 is 9.47 Å². The number of nitrogens with zero attached hydrogens (tertiary/aromatic N) is 1. The lowest BCUT2D eigenvalue weighted by molar-refractivity contribution is -0.152. The lowest BCUT2D eigenvalue weighted by Crippen LogP contribution is -2.31. The van der Waals surface area contributed by atoms with E-state index in [2.05, 4.69) is 19.6 Å². The molecule has 0 fully saturated rings. The first-order valence-electron chi connectivity index (χ1n) is 6.66. The van der Waals surface area contributed by atoms with Crippen molar-refractivity contribution in [2.24, 2.45) is 0 Å². The molecule has 0 N–H and O–H groups in total. The average molecular weight is 313 g/mol. The SMILES string of the molecule is CCCCCON(COC(=O)Oc1ccccc1)C(=O)S. The van der Waals surface area contributed by atoms with Gasteiger partial charge >= 0.3 is 11.4 Å². The van der Waals surface area contributed by atoms with E-state index in [1.165, 1.54) is 0 Å². The van der Waals surface area contributed by atoms with E-state index in [-0.39, 0.29) is 6.73 Å². The first-order chi connectivity index (χ1) is 10.1. The van der Waals surface area contributed by atoms with Crippen LogP contribution in [0.15, 0.2) is 30.3 Å². The maximum absolute atomic E-state index is 11.5. The van der Waals surface area contributed by atoms with Gasteiger partial charge in [0.05, 0.1) is 6.61 Å². The molecule has 6 nitrogen and oxygen atoms in total. The van der Waals surface area contributed by atoms with Crippen molar-refractivity contribution in [3.05, 3.63) is 30.3 Å². The number of carbonyl (C=O) groups is 2. The lowest BCUT2D eigenvalue weighted by Gasteiger charge is -2.18. The average Bonchev–Trinajstić information content (AvgIpc) is 2.47. The Bertz CT molecular complexity index is 440. The number of carbonyl (C=O) groups excluding carboxylic acids is 2. The molecular weight excluding hydrogens is 294 g/mol. The number of thiol groups is 1. The van der Waals surface area contributed by atoms with Crippen LogP contribution in [0.2, 0.25) is 0 Å². The van der Waals surface area contributed by atoms with E-state index < -0.39 is 11.4 Å². The molecule has 0 unspecified atom stereocenters. The monoisotopic (exact) mass is 313 g/mol. The third-order valence-electron chi connectivity index (χ3n) is 2.45. The number of rotatable bonds is 8. The number of unbranched alkanes of at least 4 members (excludes halogenated alkanes) is 2. The van der Waals surface area contributed by atoms with E-state index in [1.807, 2.05) is 0 Å². The molecule has 0 atom stereocenters. The molecule has 0 bridgehead atoms. The van der Waals surface area contributed by atoms with Gasteiger partial charge in [-0.2, -0.15) is 5.06 Å². The maximum Gasteiger partial charge on any atom is 0.515 e. The van der Waals surface area contributed by atoms with Gasteiger partial charge in [0.1, 0.15) is 5.75 Å². The van der Waals surface area contributed by atoms with Crippen LogP contribution in [-0.4, -0.2) is 29.8 Å². The van der Waals surface area contributed by atoms with E-state index in [0.29, 0.717) is 12.4 Å². The number of benzene rings is 1. The summed E-state index contributed by atoms with van der Waals surface area (Å²) in [5, 5.41) is 0.226. The minimum atomic E-state index is -0.919. The van der Waals surface area contributed by atoms with Gasteiger partial charge in [-0.1, -0.05) is 50.6 Å². The summed E-state index contributed by atoms with van der Waals surface area (Å²) < 4.78 is 9.70. The zero-order chi connectivity index (χ0) is 15.5. The van der Waals surface area contributed by atoms with Crippen LogP contribution in [0, 0.1) is 0 Å². The number of para-hydroxylation sites is 1. The van der Waals surface area contributed by atoms with Gasteiger partial charge in [-0.25, -0.2) is 4.79 Å². The Morgan fingerprint density at radius 2 is 1.90 bits per heavy atom. The van der Waals surface area contributed by atoms with Gasteiger partial charge in [-0.05, 0) is 18.6 Å². The molecule has 21 heavy (non-hydrogen) atoms. The minimum Gasteiger partial charge on any atom is -0.410 e. The van der Waals surface area contributed by atoms with Crippen LogP contribution in [0.1, 0.15) is 26.2 Å². The third-order valence-corrected chi connectivity index (χ3v) is 2.68. The Morgan fingerprint density at radius 3 is 2.52 bits per heavy atom. The van der Waals surface area contributed by atoms with E-state index in [9.17, 15) is 9.59 Å². The molecule has 0 saturated heterocycles. The molecule has 1 amide bonds. The summed E-state index contributed by atoms with van der Waals surface area (Å²) in [5.41, 5.74) is 0. The molecule has 1 aromatic rings. The van der Waals surface area contributed by atoms with Crippen LogP contribution in [0.3, 0.4) is 0 Å². The van der Waals surface area contributed by atoms with Crippen molar-refractivity contribution in [2.75, 3.05) is 13.3 Å². The van der Waals surface area contributed by atoms with Gasteiger partial charge in [0.25, 0.3) is 0 Å². The van der Waals surface area contributed by atoms with Crippen molar-refractivity contribution in [1.82, 2.24) is 5.06 Å². The maximum atomic E-state index is 11.5. The van der Waals surface area contributed by atoms with Crippen LogP contribution in [0.4, 0.5) is 9.59 Å². The highest BCUT2D eigenvalue weighted by atomic mass is 32.1. The van der Waals surface area contributed by atoms with Crippen molar-refractivity contribution < 1.29 is 23.9 Å². The fourth-order valence-corrected chi connectivity index (χ4v) is 1.52. The first kappa shape index (κ1) is 17.3. The number of hydroxylamine groups is 2. The normalized spacial score (nSPS) is 10.0. The second kappa shape index (κ2) is 10.1. The van der Waals surface area contributed by atoms with Crippen LogP contribution >= 0.6 is 12.6 Å². The highest BCUT2D eigenvalue weighted by molar-refractivity contribution is 7.96. The number of hydrogen-bond acceptors (Lipinski definition) is 5. The molecule has 0 aliphatic rings. The third kappa shape index (κ3) is 7.57. The fraction of sp³-hybridized carbons (Fsp3) is 0.429. The Hall–Kier alpha value is -1.73. The van der Waals surface area contributed by atoms with Crippen molar-refractivity contribution >= 4 is 24.0 Å². The van der Waals surface area contributed by atoms with Crippen LogP contribution < -0.4 is 4.74 Å². The molecule has 1 aromatic carbocycles. The largest absolute Gasteiger partial charge is 0.515 e. The summed E-state index contributed by atoms with van der Waals surface area (Å²) >= 11 is 3.65. The molecule has 0 radical (unpaired) electrons. The highest BCUT2D eigenvalue weighted by Gasteiger charge is 2.14. The summed E-state index contributed by atoms with van der Waals surface area (Å²) in [7, 11) is 0. The number of ether oxygens (including phenoxy) is 2. The van der Waals surface area contributed by atoms with Crippen molar-refractivity contribution in [3.63, 3.8) is 0 Å².